The number of hydrogen-bond donors (Lipinski definition) is 0. The second-order valence-electron chi connectivity index (χ2n) is 21.1. The SMILES string of the molecule is N#Cc1cc2c(c3c1C1CC4CC(C1)CC3C4)c1cc(-c3ccc4c5ccccc5n(-c5ccccc5)c4c3)cc3c4c5c(c(C#N)cc4n2c13)C1CC2CC3CC5CC23C1. The summed E-state index contributed by atoms with van der Waals surface area (Å²) < 4.78 is 5.00. The maximum absolute atomic E-state index is 11.1. The standard InChI is InChI=1S/C57H44N4/c58-27-37-22-48-54(52-34-15-29-12-30(16-34)14-33(13-29)50(37)52)44-19-32(31-10-11-43-42-8-4-5-9-46(42)60(47(43)21-31)41-6-2-1-3-7-41)20-45-55-49(61(48)56(44)45)23-38(28-59)51-35-17-39-24-40-18-36(53(51)55)26-57(39,40)25-35/h1-11,19-23,29-30,33-36,39-40H,12-18,24-26H2. The van der Waals surface area contributed by atoms with Crippen LogP contribution in [-0.4, -0.2) is 8.97 Å². The molecule has 0 amide bonds. The summed E-state index contributed by atoms with van der Waals surface area (Å²) >= 11 is 0. The number of nitrogens with zero attached hydrogens (tertiary/aromatic N) is 4. The van der Waals surface area contributed by atoms with Crippen LogP contribution in [0.2, 0.25) is 0 Å². The first-order chi connectivity index (χ1) is 30.1. The summed E-state index contributed by atoms with van der Waals surface area (Å²) in [6.07, 6.45) is 12.8. The van der Waals surface area contributed by atoms with Gasteiger partial charge in [0, 0.05) is 38.0 Å². The fourth-order valence-electron chi connectivity index (χ4n) is 17.0. The Morgan fingerprint density at radius 2 is 1.07 bits per heavy atom. The first-order valence-electron chi connectivity index (χ1n) is 23.4. The molecule has 0 saturated heterocycles. The Balaban J connectivity index is 1.06. The first kappa shape index (κ1) is 32.6. The van der Waals surface area contributed by atoms with E-state index in [1.165, 1.54) is 163 Å². The van der Waals surface area contributed by atoms with Gasteiger partial charge >= 0.3 is 0 Å². The lowest BCUT2D eigenvalue weighted by atomic mass is 9.56. The molecule has 0 aliphatic heterocycles. The molecule has 1 spiro atoms. The van der Waals surface area contributed by atoms with E-state index < -0.39 is 0 Å². The van der Waals surface area contributed by atoms with Gasteiger partial charge in [-0.05, 0) is 199 Å². The van der Waals surface area contributed by atoms with Gasteiger partial charge in [-0.15, -0.1) is 0 Å². The maximum Gasteiger partial charge on any atom is 0.0995 e. The van der Waals surface area contributed by atoms with E-state index in [4.69, 9.17) is 0 Å². The van der Waals surface area contributed by atoms with Gasteiger partial charge in [-0.3, -0.25) is 0 Å². The molecule has 9 aromatic rings. The van der Waals surface area contributed by atoms with Crippen LogP contribution in [0.4, 0.5) is 0 Å². The van der Waals surface area contributed by atoms with Gasteiger partial charge in [-0.1, -0.05) is 48.5 Å². The Hall–Kier alpha value is -6.10. The number of rotatable bonds is 2. The van der Waals surface area contributed by atoms with E-state index in [0.717, 1.165) is 34.8 Å². The molecule has 7 atom stereocenters. The molecule has 6 aromatic carbocycles. The maximum atomic E-state index is 11.1. The predicted molar refractivity (Wildman–Crippen MR) is 244 cm³/mol. The molecule has 7 unspecified atom stereocenters. The van der Waals surface area contributed by atoms with Crippen molar-refractivity contribution in [1.29, 1.82) is 10.5 Å². The quantitative estimate of drug-likeness (QED) is 0.175. The molecule has 4 nitrogen and oxygen atoms in total. The lowest BCUT2D eigenvalue weighted by Gasteiger charge is -2.48. The average Bonchev–Trinajstić information content (AvgIpc) is 4.01. The molecule has 5 saturated carbocycles. The molecule has 8 aliphatic rings. The number of benzene rings is 6. The van der Waals surface area contributed by atoms with Gasteiger partial charge in [0.25, 0.3) is 0 Å². The number of para-hydroxylation sites is 2. The number of aromatic nitrogens is 2. The van der Waals surface area contributed by atoms with E-state index in [0.29, 0.717) is 29.1 Å². The monoisotopic (exact) mass is 784 g/mol. The van der Waals surface area contributed by atoms with Gasteiger partial charge < -0.3 is 8.97 Å². The number of hydrogen-bond acceptors (Lipinski definition) is 2. The van der Waals surface area contributed by atoms with Crippen LogP contribution in [0.3, 0.4) is 0 Å². The largest absolute Gasteiger partial charge is 0.309 e. The van der Waals surface area contributed by atoms with Crippen molar-refractivity contribution in [2.75, 3.05) is 0 Å². The van der Waals surface area contributed by atoms with Crippen LogP contribution < -0.4 is 0 Å². The Labute approximate surface area is 354 Å². The fraction of sp³-hybridized carbons (Fsp3) is 0.333. The molecule has 5 fully saturated rings. The van der Waals surface area contributed by atoms with Crippen molar-refractivity contribution in [1.82, 2.24) is 8.97 Å². The zero-order valence-corrected chi connectivity index (χ0v) is 34.2. The number of nitriles is 2. The van der Waals surface area contributed by atoms with Crippen LogP contribution in [-0.2, 0) is 0 Å². The molecule has 292 valence electrons. The highest BCUT2D eigenvalue weighted by atomic mass is 15.0. The van der Waals surface area contributed by atoms with E-state index in [9.17, 15) is 10.5 Å². The average molecular weight is 785 g/mol. The van der Waals surface area contributed by atoms with Crippen LogP contribution in [0.1, 0.15) is 121 Å². The van der Waals surface area contributed by atoms with Gasteiger partial charge in [0.05, 0.1) is 50.8 Å². The Morgan fingerprint density at radius 1 is 0.475 bits per heavy atom. The zero-order chi connectivity index (χ0) is 39.6. The van der Waals surface area contributed by atoms with E-state index in [1.807, 2.05) is 0 Å². The van der Waals surface area contributed by atoms with E-state index >= 15 is 0 Å². The molecular weight excluding hydrogens is 741 g/mol. The molecule has 17 rings (SSSR count). The van der Waals surface area contributed by atoms with E-state index in [2.05, 4.69) is 118 Å². The lowest BCUT2D eigenvalue weighted by Crippen LogP contribution is -2.41. The lowest BCUT2D eigenvalue weighted by molar-refractivity contribution is 0.00322. The summed E-state index contributed by atoms with van der Waals surface area (Å²) in [7, 11) is 0. The van der Waals surface area contributed by atoms with Crippen LogP contribution in [0, 0.1) is 51.7 Å². The molecule has 0 N–H and O–H groups in total. The molecule has 8 aliphatic carbocycles. The van der Waals surface area contributed by atoms with Crippen molar-refractivity contribution in [3.8, 4) is 29.0 Å². The predicted octanol–water partition coefficient (Wildman–Crippen LogP) is 14.1. The highest BCUT2D eigenvalue weighted by Gasteiger charge is 2.66. The minimum absolute atomic E-state index is 0.473. The van der Waals surface area contributed by atoms with Crippen molar-refractivity contribution in [2.45, 2.75) is 87.9 Å². The third kappa shape index (κ3) is 3.78. The summed E-state index contributed by atoms with van der Waals surface area (Å²) in [6.45, 7) is 0. The summed E-state index contributed by atoms with van der Waals surface area (Å²) in [5, 5.41) is 30.2. The molecule has 7 bridgehead atoms. The van der Waals surface area contributed by atoms with Crippen LogP contribution in [0.25, 0.3) is 76.7 Å². The van der Waals surface area contributed by atoms with E-state index in [1.54, 1.807) is 0 Å². The summed E-state index contributed by atoms with van der Waals surface area (Å²) in [4.78, 5) is 0. The van der Waals surface area contributed by atoms with Gasteiger partial charge in [-0.2, -0.15) is 10.5 Å². The van der Waals surface area contributed by atoms with Crippen LogP contribution in [0.15, 0.2) is 97.1 Å². The highest BCUT2D eigenvalue weighted by molar-refractivity contribution is 6.26. The second kappa shape index (κ2) is 10.9. The molecule has 3 heterocycles. The van der Waals surface area contributed by atoms with Crippen LogP contribution >= 0.6 is 0 Å². The molecule has 61 heavy (non-hydrogen) atoms. The van der Waals surface area contributed by atoms with Crippen molar-refractivity contribution in [3.63, 3.8) is 0 Å². The normalized spacial score (nSPS) is 30.0. The minimum atomic E-state index is 0.473. The van der Waals surface area contributed by atoms with Crippen molar-refractivity contribution in [2.24, 2.45) is 29.1 Å². The van der Waals surface area contributed by atoms with Crippen molar-refractivity contribution >= 4 is 59.9 Å². The topological polar surface area (TPSA) is 56.9 Å². The van der Waals surface area contributed by atoms with Crippen LogP contribution in [0.5, 0.6) is 0 Å². The summed E-state index contributed by atoms with van der Waals surface area (Å²) in [5.74, 6) is 5.16. The fourth-order valence-corrected chi connectivity index (χ4v) is 17.0. The van der Waals surface area contributed by atoms with E-state index in [-0.39, 0.29) is 0 Å². The smallest absolute Gasteiger partial charge is 0.0995 e. The molecule has 0 radical (unpaired) electrons. The van der Waals surface area contributed by atoms with Gasteiger partial charge in [0.15, 0.2) is 0 Å². The molecule has 3 aromatic heterocycles. The molecular formula is C57H44N4. The Bertz CT molecular complexity index is 3570. The second-order valence-corrected chi connectivity index (χ2v) is 21.1. The summed E-state index contributed by atoms with van der Waals surface area (Å²) in [6, 6.07) is 42.1. The Morgan fingerprint density at radius 3 is 1.75 bits per heavy atom. The van der Waals surface area contributed by atoms with Crippen molar-refractivity contribution < 1.29 is 0 Å². The first-order valence-corrected chi connectivity index (χ1v) is 23.4. The zero-order valence-electron chi connectivity index (χ0n) is 34.2. The Kier molecular flexibility index (Phi) is 5.81. The third-order valence-electron chi connectivity index (χ3n) is 18.7. The summed E-state index contributed by atoms with van der Waals surface area (Å²) in [5.41, 5.74) is 17.9. The van der Waals surface area contributed by atoms with Gasteiger partial charge in [-0.25, -0.2) is 0 Å². The van der Waals surface area contributed by atoms with Gasteiger partial charge in [0.2, 0.25) is 0 Å². The van der Waals surface area contributed by atoms with Gasteiger partial charge in [0.1, 0.15) is 0 Å². The number of fused-ring (bicyclic) bond motifs is 15. The molecule has 4 heteroatoms. The minimum Gasteiger partial charge on any atom is -0.309 e. The highest BCUT2D eigenvalue weighted by Crippen LogP contribution is 2.77. The third-order valence-corrected chi connectivity index (χ3v) is 18.7. The van der Waals surface area contributed by atoms with Crippen molar-refractivity contribution in [3.05, 3.63) is 130 Å².